The Morgan fingerprint density at radius 3 is 1.78 bits per heavy atom. The third kappa shape index (κ3) is 10.3. The summed E-state index contributed by atoms with van der Waals surface area (Å²) in [7, 11) is 0. The third-order valence-corrected chi connectivity index (χ3v) is 6.28. The van der Waals surface area contributed by atoms with E-state index in [9.17, 15) is 10.3 Å². The quantitative estimate of drug-likeness (QED) is 0.113. The number of unbranched alkanes of at least 4 members (excludes halogenated alkanes) is 12. The highest BCUT2D eigenvalue weighted by Gasteiger charge is 2.11. The highest BCUT2D eigenvalue weighted by atomic mass is 16.4. The Morgan fingerprint density at radius 2 is 1.25 bits per heavy atom. The molecule has 2 rings (SSSR count). The molecule has 2 aromatic rings. The zero-order chi connectivity index (χ0) is 22.9. The summed E-state index contributed by atoms with van der Waals surface area (Å²) in [4.78, 5) is 0. The molecule has 0 aliphatic heterocycles. The number of aromatic hydroxyl groups is 1. The molecule has 3 nitrogen and oxygen atoms in total. The largest absolute Gasteiger partial charge is 0.507 e. The predicted octanol–water partition coefficient (Wildman–Crippen LogP) is 8.45. The summed E-state index contributed by atoms with van der Waals surface area (Å²) in [6.45, 7) is 2.27. The van der Waals surface area contributed by atoms with Crippen molar-refractivity contribution in [1.82, 2.24) is 0 Å². The van der Waals surface area contributed by atoms with Crippen LogP contribution in [0.25, 0.3) is 0 Å². The van der Waals surface area contributed by atoms with Crippen LogP contribution in [-0.2, 0) is 12.8 Å². The fraction of sp³-hybridized carbons (Fsp3) is 0.552. The lowest BCUT2D eigenvalue weighted by molar-refractivity contribution is 0.318. The van der Waals surface area contributed by atoms with E-state index in [1.807, 2.05) is 48.5 Å². The van der Waals surface area contributed by atoms with Gasteiger partial charge in [0, 0.05) is 12.0 Å². The standard InChI is InChI=1S/C29H43NO2/c1-2-3-4-5-6-7-8-9-10-11-12-13-15-20-26-21-22-27(29(31)24-26)28(30-32)23-25-18-16-14-17-19-25/h14,16-19,21-22,24,31-32H,2-13,15,20,23H2,1H3/b30-28+. The van der Waals surface area contributed by atoms with E-state index >= 15 is 0 Å². The third-order valence-electron chi connectivity index (χ3n) is 6.28. The van der Waals surface area contributed by atoms with Crippen LogP contribution in [0.15, 0.2) is 53.7 Å². The molecular weight excluding hydrogens is 394 g/mol. The van der Waals surface area contributed by atoms with E-state index in [-0.39, 0.29) is 5.75 Å². The van der Waals surface area contributed by atoms with Gasteiger partial charge in [-0.2, -0.15) is 0 Å². The zero-order valence-electron chi connectivity index (χ0n) is 20.1. The lowest BCUT2D eigenvalue weighted by Crippen LogP contribution is -2.06. The summed E-state index contributed by atoms with van der Waals surface area (Å²) >= 11 is 0. The van der Waals surface area contributed by atoms with Crippen molar-refractivity contribution in [2.24, 2.45) is 5.16 Å². The van der Waals surface area contributed by atoms with Gasteiger partial charge in [-0.1, -0.05) is 126 Å². The monoisotopic (exact) mass is 437 g/mol. The smallest absolute Gasteiger partial charge is 0.125 e. The first-order valence-corrected chi connectivity index (χ1v) is 12.8. The molecule has 0 aliphatic rings. The number of nitrogens with zero attached hydrogens (tertiary/aromatic N) is 1. The maximum absolute atomic E-state index is 10.5. The second kappa shape index (κ2) is 16.4. The fourth-order valence-corrected chi connectivity index (χ4v) is 4.30. The SMILES string of the molecule is CCCCCCCCCCCCCCCc1ccc(/C(Cc2ccccc2)=N/O)c(O)c1. The van der Waals surface area contributed by atoms with E-state index in [1.54, 1.807) is 0 Å². The van der Waals surface area contributed by atoms with Gasteiger partial charge in [0.2, 0.25) is 0 Å². The molecule has 0 spiro atoms. The van der Waals surface area contributed by atoms with Crippen LogP contribution in [0.1, 0.15) is 107 Å². The maximum Gasteiger partial charge on any atom is 0.125 e. The van der Waals surface area contributed by atoms with E-state index in [4.69, 9.17) is 0 Å². The molecule has 0 aromatic heterocycles. The Kier molecular flexibility index (Phi) is 13.3. The molecule has 0 bridgehead atoms. The van der Waals surface area contributed by atoms with Crippen molar-refractivity contribution in [2.45, 2.75) is 103 Å². The lowest BCUT2D eigenvalue weighted by Gasteiger charge is -2.10. The van der Waals surface area contributed by atoms with Gasteiger partial charge in [-0.25, -0.2) is 0 Å². The Labute approximate surface area is 195 Å². The second-order valence-corrected chi connectivity index (χ2v) is 9.05. The van der Waals surface area contributed by atoms with Crippen LogP contribution in [0, 0.1) is 0 Å². The summed E-state index contributed by atoms with van der Waals surface area (Å²) in [6, 6.07) is 15.6. The molecule has 176 valence electrons. The van der Waals surface area contributed by atoms with E-state index in [0.717, 1.165) is 24.0 Å². The summed E-state index contributed by atoms with van der Waals surface area (Å²) < 4.78 is 0. The van der Waals surface area contributed by atoms with Crippen LogP contribution in [0.4, 0.5) is 0 Å². The van der Waals surface area contributed by atoms with Gasteiger partial charge >= 0.3 is 0 Å². The van der Waals surface area contributed by atoms with Gasteiger partial charge in [-0.05, 0) is 36.1 Å². The molecule has 0 unspecified atom stereocenters. The molecule has 0 fully saturated rings. The molecule has 2 aromatic carbocycles. The number of benzene rings is 2. The van der Waals surface area contributed by atoms with Gasteiger partial charge < -0.3 is 10.3 Å². The average molecular weight is 438 g/mol. The second-order valence-electron chi connectivity index (χ2n) is 9.05. The van der Waals surface area contributed by atoms with Gasteiger partial charge in [-0.15, -0.1) is 0 Å². The van der Waals surface area contributed by atoms with Crippen molar-refractivity contribution in [2.75, 3.05) is 0 Å². The highest BCUT2D eigenvalue weighted by Crippen LogP contribution is 2.23. The number of oxime groups is 1. The molecule has 0 amide bonds. The maximum atomic E-state index is 10.5. The molecule has 0 saturated heterocycles. The number of rotatable bonds is 17. The van der Waals surface area contributed by atoms with Crippen LogP contribution >= 0.6 is 0 Å². The molecule has 0 aliphatic carbocycles. The van der Waals surface area contributed by atoms with Crippen LogP contribution in [0.2, 0.25) is 0 Å². The number of hydrogen-bond acceptors (Lipinski definition) is 3. The fourth-order valence-electron chi connectivity index (χ4n) is 4.30. The van der Waals surface area contributed by atoms with Gasteiger partial charge in [-0.3, -0.25) is 0 Å². The summed E-state index contributed by atoms with van der Waals surface area (Å²) in [6.07, 6.45) is 19.1. The van der Waals surface area contributed by atoms with Gasteiger partial charge in [0.15, 0.2) is 0 Å². The minimum Gasteiger partial charge on any atom is -0.507 e. The van der Waals surface area contributed by atoms with E-state index in [1.165, 1.54) is 77.0 Å². The average Bonchev–Trinajstić information content (AvgIpc) is 2.81. The Bertz CT molecular complexity index is 770. The molecule has 3 heteroatoms. The highest BCUT2D eigenvalue weighted by molar-refractivity contribution is 6.03. The minimum atomic E-state index is 0.195. The Hall–Kier alpha value is -2.29. The molecule has 0 saturated carbocycles. The van der Waals surface area contributed by atoms with E-state index in [2.05, 4.69) is 12.1 Å². The number of hydrogen-bond donors (Lipinski definition) is 2. The normalized spacial score (nSPS) is 11.7. The first-order valence-electron chi connectivity index (χ1n) is 12.8. The van der Waals surface area contributed by atoms with Crippen LogP contribution in [0.5, 0.6) is 5.75 Å². The van der Waals surface area contributed by atoms with Gasteiger partial charge in [0.05, 0.1) is 5.71 Å². The van der Waals surface area contributed by atoms with Crippen molar-refractivity contribution in [1.29, 1.82) is 0 Å². The summed E-state index contributed by atoms with van der Waals surface area (Å²) in [5.41, 5.74) is 3.29. The molecule has 32 heavy (non-hydrogen) atoms. The molecule has 0 atom stereocenters. The number of phenols is 1. The summed E-state index contributed by atoms with van der Waals surface area (Å²) in [5.74, 6) is 0.195. The topological polar surface area (TPSA) is 52.8 Å². The zero-order valence-corrected chi connectivity index (χ0v) is 20.1. The lowest BCUT2D eigenvalue weighted by atomic mass is 9.98. The van der Waals surface area contributed by atoms with Crippen molar-refractivity contribution >= 4 is 5.71 Å². The minimum absolute atomic E-state index is 0.195. The number of phenolic OH excluding ortho intramolecular Hbond substituents is 1. The predicted molar refractivity (Wildman–Crippen MR) is 136 cm³/mol. The Morgan fingerprint density at radius 1 is 0.688 bits per heavy atom. The summed E-state index contributed by atoms with van der Waals surface area (Å²) in [5, 5.41) is 23.4. The van der Waals surface area contributed by atoms with E-state index < -0.39 is 0 Å². The van der Waals surface area contributed by atoms with Crippen LogP contribution in [0.3, 0.4) is 0 Å². The molecular formula is C29H43NO2. The Balaban J connectivity index is 1.60. The first-order chi connectivity index (χ1) is 15.7. The number of aryl methyl sites for hydroxylation is 1. The molecule has 0 radical (unpaired) electrons. The van der Waals surface area contributed by atoms with Crippen molar-refractivity contribution < 1.29 is 10.3 Å². The molecule has 0 heterocycles. The van der Waals surface area contributed by atoms with Crippen molar-refractivity contribution in [3.63, 3.8) is 0 Å². The molecule has 2 N–H and O–H groups in total. The van der Waals surface area contributed by atoms with Crippen molar-refractivity contribution in [3.05, 3.63) is 65.2 Å². The van der Waals surface area contributed by atoms with Crippen LogP contribution < -0.4 is 0 Å². The van der Waals surface area contributed by atoms with Crippen LogP contribution in [-0.4, -0.2) is 16.0 Å². The van der Waals surface area contributed by atoms with Gasteiger partial charge in [0.25, 0.3) is 0 Å². The first kappa shape index (κ1) is 26.0. The van der Waals surface area contributed by atoms with E-state index in [0.29, 0.717) is 17.7 Å². The van der Waals surface area contributed by atoms with Crippen molar-refractivity contribution in [3.8, 4) is 5.75 Å². The van der Waals surface area contributed by atoms with Gasteiger partial charge in [0.1, 0.15) is 5.75 Å².